The summed E-state index contributed by atoms with van der Waals surface area (Å²) in [6.45, 7) is 0.983. The first-order chi connectivity index (χ1) is 10.8. The Balaban J connectivity index is 2.39. The smallest absolute Gasteiger partial charge is 0.423 e. The van der Waals surface area contributed by atoms with E-state index in [2.05, 4.69) is 4.98 Å². The zero-order chi connectivity index (χ0) is 17.0. The molecule has 1 amide bonds. The Kier molecular flexibility index (Phi) is 4.85. The van der Waals surface area contributed by atoms with Crippen molar-refractivity contribution in [1.29, 1.82) is 0 Å². The third kappa shape index (κ3) is 3.98. The summed E-state index contributed by atoms with van der Waals surface area (Å²) in [6.07, 6.45) is -3.67. The third-order valence-corrected chi connectivity index (χ3v) is 2.98. The number of pyridine rings is 1. The fourth-order valence-electron chi connectivity index (χ4n) is 1.89. The number of nitrogens with two attached hydrogens (primary N) is 1. The SMILES string of the molecule is CC(=O)N(N)c1nccc(OCc2ccccc2)c1C(F)(F)F. The van der Waals surface area contributed by atoms with Gasteiger partial charge in [0, 0.05) is 13.1 Å². The second kappa shape index (κ2) is 6.66. The monoisotopic (exact) mass is 325 g/mol. The van der Waals surface area contributed by atoms with Crippen LogP contribution in [0.3, 0.4) is 0 Å². The molecule has 0 saturated heterocycles. The number of alkyl halides is 3. The molecule has 0 radical (unpaired) electrons. The third-order valence-electron chi connectivity index (χ3n) is 2.98. The average molecular weight is 325 g/mol. The number of ether oxygens (including phenoxy) is 1. The van der Waals surface area contributed by atoms with E-state index in [0.717, 1.165) is 19.2 Å². The molecule has 0 aliphatic heterocycles. The molecule has 8 heteroatoms. The van der Waals surface area contributed by atoms with Gasteiger partial charge in [0.05, 0.1) is 0 Å². The number of nitrogens with zero attached hydrogens (tertiary/aromatic N) is 2. The Labute approximate surface area is 130 Å². The van der Waals surface area contributed by atoms with E-state index in [1.807, 2.05) is 0 Å². The van der Waals surface area contributed by atoms with Crippen molar-refractivity contribution >= 4 is 11.7 Å². The lowest BCUT2D eigenvalue weighted by Gasteiger charge is -2.21. The highest BCUT2D eigenvalue weighted by Crippen LogP contribution is 2.41. The molecule has 5 nitrogen and oxygen atoms in total. The molecule has 2 N–H and O–H groups in total. The zero-order valence-corrected chi connectivity index (χ0v) is 12.2. The van der Waals surface area contributed by atoms with E-state index < -0.39 is 29.2 Å². The normalized spacial score (nSPS) is 11.2. The predicted molar refractivity (Wildman–Crippen MR) is 77.4 cm³/mol. The molecule has 1 aromatic carbocycles. The summed E-state index contributed by atoms with van der Waals surface area (Å²) < 4.78 is 45.3. The minimum atomic E-state index is -4.78. The molecule has 2 rings (SSSR count). The summed E-state index contributed by atoms with van der Waals surface area (Å²) in [7, 11) is 0. The highest BCUT2D eigenvalue weighted by molar-refractivity contribution is 5.90. The molecule has 0 saturated carbocycles. The number of halogens is 3. The van der Waals surface area contributed by atoms with E-state index in [1.54, 1.807) is 30.3 Å². The average Bonchev–Trinajstić information content (AvgIpc) is 2.51. The van der Waals surface area contributed by atoms with Crippen molar-refractivity contribution in [2.24, 2.45) is 5.84 Å². The summed E-state index contributed by atoms with van der Waals surface area (Å²) in [5, 5.41) is 0.345. The number of amides is 1. The number of carbonyl (C=O) groups is 1. The number of rotatable bonds is 4. The van der Waals surface area contributed by atoms with Crippen LogP contribution in [0.5, 0.6) is 5.75 Å². The van der Waals surface area contributed by atoms with Crippen LogP contribution in [0.1, 0.15) is 18.1 Å². The van der Waals surface area contributed by atoms with Crippen molar-refractivity contribution in [1.82, 2.24) is 4.98 Å². The second-order valence-electron chi connectivity index (χ2n) is 4.67. The van der Waals surface area contributed by atoms with Gasteiger partial charge in [-0.25, -0.2) is 15.8 Å². The fourth-order valence-corrected chi connectivity index (χ4v) is 1.89. The van der Waals surface area contributed by atoms with Crippen LogP contribution >= 0.6 is 0 Å². The van der Waals surface area contributed by atoms with Gasteiger partial charge < -0.3 is 4.74 Å². The molecular formula is C15H14F3N3O2. The van der Waals surface area contributed by atoms with Crippen LogP contribution in [-0.2, 0) is 17.6 Å². The minimum Gasteiger partial charge on any atom is -0.488 e. The highest BCUT2D eigenvalue weighted by Gasteiger charge is 2.40. The van der Waals surface area contributed by atoms with Crippen LogP contribution in [0.4, 0.5) is 19.0 Å². The molecule has 1 heterocycles. The highest BCUT2D eigenvalue weighted by atomic mass is 19.4. The number of hydrogen-bond acceptors (Lipinski definition) is 4. The summed E-state index contributed by atoms with van der Waals surface area (Å²) >= 11 is 0. The Morgan fingerprint density at radius 2 is 1.91 bits per heavy atom. The predicted octanol–water partition coefficient (Wildman–Crippen LogP) is 2.91. The Hall–Kier alpha value is -2.61. The van der Waals surface area contributed by atoms with Crippen molar-refractivity contribution in [2.75, 3.05) is 5.01 Å². The molecule has 0 aliphatic rings. The molecular weight excluding hydrogens is 311 g/mol. The molecule has 0 spiro atoms. The Morgan fingerprint density at radius 1 is 1.26 bits per heavy atom. The Bertz CT molecular complexity index is 690. The summed E-state index contributed by atoms with van der Waals surface area (Å²) in [5.74, 6) is 3.46. The quantitative estimate of drug-likeness (QED) is 0.533. The number of benzene rings is 1. The molecule has 122 valence electrons. The molecule has 23 heavy (non-hydrogen) atoms. The summed E-state index contributed by atoms with van der Waals surface area (Å²) in [4.78, 5) is 14.8. The van der Waals surface area contributed by atoms with Gasteiger partial charge >= 0.3 is 6.18 Å². The van der Waals surface area contributed by atoms with E-state index in [-0.39, 0.29) is 6.61 Å². The number of anilines is 1. The van der Waals surface area contributed by atoms with Gasteiger partial charge in [0.2, 0.25) is 5.91 Å². The van der Waals surface area contributed by atoms with Gasteiger partial charge in [0.1, 0.15) is 17.9 Å². The van der Waals surface area contributed by atoms with Crippen LogP contribution in [-0.4, -0.2) is 10.9 Å². The maximum absolute atomic E-state index is 13.3. The molecule has 0 atom stereocenters. The van der Waals surface area contributed by atoms with Crippen molar-refractivity contribution in [3.05, 3.63) is 53.7 Å². The van der Waals surface area contributed by atoms with Gasteiger partial charge in [-0.3, -0.25) is 4.79 Å². The van der Waals surface area contributed by atoms with Gasteiger partial charge in [-0.2, -0.15) is 13.2 Å². The fraction of sp³-hybridized carbons (Fsp3) is 0.200. The maximum atomic E-state index is 13.3. The summed E-state index contributed by atoms with van der Waals surface area (Å²) in [6, 6.07) is 9.81. The van der Waals surface area contributed by atoms with Crippen LogP contribution in [0.25, 0.3) is 0 Å². The van der Waals surface area contributed by atoms with E-state index in [4.69, 9.17) is 10.6 Å². The molecule has 0 aliphatic carbocycles. The number of carbonyl (C=O) groups excluding carboxylic acids is 1. The van der Waals surface area contributed by atoms with Gasteiger partial charge in [-0.1, -0.05) is 30.3 Å². The first-order valence-corrected chi connectivity index (χ1v) is 6.59. The number of hydrazine groups is 1. The van der Waals surface area contributed by atoms with Crippen molar-refractivity contribution in [3.8, 4) is 5.75 Å². The first kappa shape index (κ1) is 16.8. The lowest BCUT2D eigenvalue weighted by atomic mass is 10.2. The molecule has 0 unspecified atom stereocenters. The first-order valence-electron chi connectivity index (χ1n) is 6.59. The second-order valence-corrected chi connectivity index (χ2v) is 4.67. The van der Waals surface area contributed by atoms with Gasteiger partial charge in [-0.15, -0.1) is 0 Å². The van der Waals surface area contributed by atoms with Gasteiger partial charge in [0.15, 0.2) is 5.82 Å². The topological polar surface area (TPSA) is 68.5 Å². The van der Waals surface area contributed by atoms with Crippen molar-refractivity contribution in [3.63, 3.8) is 0 Å². The maximum Gasteiger partial charge on any atom is 0.423 e. The molecule has 2 aromatic rings. The van der Waals surface area contributed by atoms with Crippen molar-refractivity contribution < 1.29 is 22.7 Å². The Morgan fingerprint density at radius 3 is 2.48 bits per heavy atom. The van der Waals surface area contributed by atoms with E-state index in [1.165, 1.54) is 0 Å². The molecule has 1 aromatic heterocycles. The standard InChI is InChI=1S/C15H14F3N3O2/c1-10(22)21(19)14-13(15(16,17)18)12(7-8-20-14)23-9-11-5-3-2-4-6-11/h2-8H,9,19H2,1H3. The lowest BCUT2D eigenvalue weighted by molar-refractivity contribution is -0.138. The van der Waals surface area contributed by atoms with E-state index >= 15 is 0 Å². The van der Waals surface area contributed by atoms with Gasteiger partial charge in [-0.05, 0) is 11.6 Å². The largest absolute Gasteiger partial charge is 0.488 e. The van der Waals surface area contributed by atoms with Crippen LogP contribution in [0.15, 0.2) is 42.6 Å². The van der Waals surface area contributed by atoms with Crippen LogP contribution in [0, 0.1) is 0 Å². The van der Waals surface area contributed by atoms with E-state index in [0.29, 0.717) is 10.6 Å². The lowest BCUT2D eigenvalue weighted by Crippen LogP contribution is -2.38. The summed E-state index contributed by atoms with van der Waals surface area (Å²) in [5.41, 5.74) is -0.483. The van der Waals surface area contributed by atoms with Gasteiger partial charge in [0.25, 0.3) is 0 Å². The number of hydrogen-bond donors (Lipinski definition) is 1. The van der Waals surface area contributed by atoms with Crippen LogP contribution in [0.2, 0.25) is 0 Å². The zero-order valence-electron chi connectivity index (χ0n) is 12.2. The molecule has 0 bridgehead atoms. The minimum absolute atomic E-state index is 0.0575. The van der Waals surface area contributed by atoms with Crippen LogP contribution < -0.4 is 15.6 Å². The molecule has 0 fully saturated rings. The van der Waals surface area contributed by atoms with E-state index in [9.17, 15) is 18.0 Å². The van der Waals surface area contributed by atoms with Crippen molar-refractivity contribution in [2.45, 2.75) is 19.7 Å². The number of aromatic nitrogens is 1.